The number of benzene rings is 2. The number of aryl methyl sites for hydroxylation is 1. The normalized spacial score (nSPS) is 11.6. The van der Waals surface area contributed by atoms with E-state index in [9.17, 15) is 4.39 Å². The summed E-state index contributed by atoms with van der Waals surface area (Å²) >= 11 is 0. The van der Waals surface area contributed by atoms with E-state index in [2.05, 4.69) is 20.9 Å². The number of azo groups is 1. The molecule has 3 rings (SSSR count). The minimum Gasteiger partial charge on any atom is -0.346 e. The van der Waals surface area contributed by atoms with Gasteiger partial charge in [-0.15, -0.1) is 5.11 Å². The van der Waals surface area contributed by atoms with E-state index >= 15 is 0 Å². The van der Waals surface area contributed by atoms with Crippen LogP contribution in [0.5, 0.6) is 0 Å². The van der Waals surface area contributed by atoms with Crippen LogP contribution in [0.3, 0.4) is 0 Å². The number of para-hydroxylation sites is 1. The number of rotatable bonds is 2. The lowest BCUT2D eigenvalue weighted by molar-refractivity contribution is 0.628. The Morgan fingerprint density at radius 2 is 1.65 bits per heavy atom. The fourth-order valence-corrected chi connectivity index (χ4v) is 2.24. The fourth-order valence-electron chi connectivity index (χ4n) is 2.24. The average Bonchev–Trinajstić information content (AvgIpc) is 2.71. The Labute approximate surface area is 116 Å². The molecule has 1 aromatic heterocycles. The second-order valence-electron chi connectivity index (χ2n) is 4.69. The summed E-state index contributed by atoms with van der Waals surface area (Å²) in [4.78, 5) is 0. The van der Waals surface area contributed by atoms with Crippen LogP contribution in [0, 0.1) is 12.7 Å². The maximum Gasteiger partial charge on any atom is 0.123 e. The summed E-state index contributed by atoms with van der Waals surface area (Å²) in [5, 5.41) is 9.59. The number of fused-ring (bicyclic) bond motifs is 1. The van der Waals surface area contributed by atoms with Crippen LogP contribution in [0.2, 0.25) is 0 Å². The molecule has 1 heterocycles. The molecular weight excluding hydrogens is 253 g/mol. The zero-order valence-electron chi connectivity index (χ0n) is 11.3. The average molecular weight is 267 g/mol. The van der Waals surface area contributed by atoms with Gasteiger partial charge in [-0.2, -0.15) is 5.11 Å². The van der Waals surface area contributed by atoms with E-state index in [4.69, 9.17) is 0 Å². The second-order valence-corrected chi connectivity index (χ2v) is 4.69. The maximum atomic E-state index is 12.9. The van der Waals surface area contributed by atoms with Gasteiger partial charge in [0.15, 0.2) is 0 Å². The zero-order valence-corrected chi connectivity index (χ0v) is 11.3. The summed E-state index contributed by atoms with van der Waals surface area (Å²) in [6.07, 6.45) is 0. The van der Waals surface area contributed by atoms with Crippen LogP contribution in [0.4, 0.5) is 15.8 Å². The standard InChI is InChI=1S/C16H14FN3/c1-11-16(14-5-3-4-6-15(14)20(11)2)19-18-13-9-7-12(17)8-10-13/h3-10H,1-2H3. The van der Waals surface area contributed by atoms with E-state index in [1.54, 1.807) is 12.1 Å². The van der Waals surface area contributed by atoms with Crippen LogP contribution < -0.4 is 0 Å². The van der Waals surface area contributed by atoms with E-state index in [0.29, 0.717) is 5.69 Å². The number of nitrogens with zero attached hydrogens (tertiary/aromatic N) is 3. The van der Waals surface area contributed by atoms with Gasteiger partial charge in [0.1, 0.15) is 11.5 Å². The molecule has 0 radical (unpaired) electrons. The minimum absolute atomic E-state index is 0.273. The van der Waals surface area contributed by atoms with Crippen molar-refractivity contribution in [2.24, 2.45) is 17.3 Å². The third kappa shape index (κ3) is 2.09. The highest BCUT2D eigenvalue weighted by Crippen LogP contribution is 2.33. The first-order valence-corrected chi connectivity index (χ1v) is 6.38. The summed E-state index contributed by atoms with van der Waals surface area (Å²) in [5.41, 5.74) is 3.67. The van der Waals surface area contributed by atoms with Gasteiger partial charge in [-0.3, -0.25) is 0 Å². The van der Waals surface area contributed by atoms with Gasteiger partial charge < -0.3 is 4.57 Å². The van der Waals surface area contributed by atoms with Crippen LogP contribution in [0.1, 0.15) is 5.69 Å². The molecule has 0 saturated carbocycles. The Morgan fingerprint density at radius 3 is 2.40 bits per heavy atom. The summed E-state index contributed by atoms with van der Waals surface area (Å²) < 4.78 is 14.9. The molecule has 0 aliphatic rings. The van der Waals surface area contributed by atoms with Gasteiger partial charge in [-0.05, 0) is 37.3 Å². The molecule has 3 nitrogen and oxygen atoms in total. The van der Waals surface area contributed by atoms with Crippen LogP contribution >= 0.6 is 0 Å². The number of hydrogen-bond donors (Lipinski definition) is 0. The Bertz CT molecular complexity index is 785. The monoisotopic (exact) mass is 267 g/mol. The lowest BCUT2D eigenvalue weighted by Crippen LogP contribution is -1.88. The van der Waals surface area contributed by atoms with Gasteiger partial charge in [0, 0.05) is 18.1 Å². The summed E-state index contributed by atoms with van der Waals surface area (Å²) in [5.74, 6) is -0.273. The maximum absolute atomic E-state index is 12.9. The van der Waals surface area contributed by atoms with E-state index in [-0.39, 0.29) is 5.82 Å². The van der Waals surface area contributed by atoms with E-state index in [1.807, 2.05) is 32.2 Å². The first-order valence-electron chi connectivity index (χ1n) is 6.38. The molecule has 0 spiro atoms. The van der Waals surface area contributed by atoms with E-state index in [0.717, 1.165) is 22.3 Å². The third-order valence-electron chi connectivity index (χ3n) is 3.46. The molecule has 0 unspecified atom stereocenters. The Morgan fingerprint density at radius 1 is 0.950 bits per heavy atom. The molecule has 100 valence electrons. The third-order valence-corrected chi connectivity index (χ3v) is 3.46. The largest absolute Gasteiger partial charge is 0.346 e. The predicted octanol–water partition coefficient (Wildman–Crippen LogP) is 5.04. The molecule has 0 amide bonds. The van der Waals surface area contributed by atoms with Crippen LogP contribution in [0.15, 0.2) is 58.8 Å². The summed E-state index contributed by atoms with van der Waals surface area (Å²) in [7, 11) is 2.01. The molecule has 0 atom stereocenters. The first kappa shape index (κ1) is 12.5. The molecular formula is C16H14FN3. The summed E-state index contributed by atoms with van der Waals surface area (Å²) in [6.45, 7) is 2.01. The molecule has 0 aliphatic carbocycles. The Hall–Kier alpha value is -2.49. The number of aromatic nitrogens is 1. The molecule has 0 bridgehead atoms. The van der Waals surface area contributed by atoms with Gasteiger partial charge in [-0.1, -0.05) is 18.2 Å². The molecule has 0 fully saturated rings. The van der Waals surface area contributed by atoms with Crippen LogP contribution in [-0.4, -0.2) is 4.57 Å². The highest BCUT2D eigenvalue weighted by atomic mass is 19.1. The van der Waals surface area contributed by atoms with Crippen molar-refractivity contribution < 1.29 is 4.39 Å². The molecule has 3 aromatic rings. The molecule has 0 N–H and O–H groups in total. The number of hydrogen-bond acceptors (Lipinski definition) is 2. The van der Waals surface area contributed by atoms with Crippen molar-refractivity contribution in [2.45, 2.75) is 6.92 Å². The summed E-state index contributed by atoms with van der Waals surface area (Å²) in [6, 6.07) is 14.1. The highest BCUT2D eigenvalue weighted by Gasteiger charge is 2.10. The lowest BCUT2D eigenvalue weighted by atomic mass is 10.2. The van der Waals surface area contributed by atoms with Gasteiger partial charge >= 0.3 is 0 Å². The molecule has 0 aliphatic heterocycles. The van der Waals surface area contributed by atoms with Gasteiger partial charge in [0.05, 0.1) is 11.2 Å². The lowest BCUT2D eigenvalue weighted by Gasteiger charge is -1.97. The highest BCUT2D eigenvalue weighted by molar-refractivity contribution is 5.93. The predicted molar refractivity (Wildman–Crippen MR) is 78.2 cm³/mol. The van der Waals surface area contributed by atoms with Gasteiger partial charge in [0.2, 0.25) is 0 Å². The van der Waals surface area contributed by atoms with Gasteiger partial charge in [0.25, 0.3) is 0 Å². The van der Waals surface area contributed by atoms with Crippen molar-refractivity contribution in [3.8, 4) is 0 Å². The molecule has 4 heteroatoms. The molecule has 2 aromatic carbocycles. The quantitative estimate of drug-likeness (QED) is 0.582. The van der Waals surface area contributed by atoms with Crippen molar-refractivity contribution in [1.29, 1.82) is 0 Å². The molecule has 0 saturated heterocycles. The van der Waals surface area contributed by atoms with Crippen molar-refractivity contribution in [2.75, 3.05) is 0 Å². The van der Waals surface area contributed by atoms with Gasteiger partial charge in [-0.25, -0.2) is 4.39 Å². The second kappa shape index (κ2) is 4.89. The van der Waals surface area contributed by atoms with Crippen molar-refractivity contribution in [3.05, 3.63) is 60.0 Å². The minimum atomic E-state index is -0.273. The Balaban J connectivity index is 2.06. The zero-order chi connectivity index (χ0) is 14.1. The molecule has 20 heavy (non-hydrogen) atoms. The van der Waals surface area contributed by atoms with Crippen molar-refractivity contribution in [1.82, 2.24) is 4.57 Å². The van der Waals surface area contributed by atoms with E-state index < -0.39 is 0 Å². The topological polar surface area (TPSA) is 29.6 Å². The van der Waals surface area contributed by atoms with Crippen molar-refractivity contribution >= 4 is 22.3 Å². The van der Waals surface area contributed by atoms with Crippen LogP contribution in [-0.2, 0) is 7.05 Å². The SMILES string of the molecule is Cc1c(N=Nc2ccc(F)cc2)c2ccccc2n1C. The number of halogens is 1. The van der Waals surface area contributed by atoms with Crippen molar-refractivity contribution in [3.63, 3.8) is 0 Å². The fraction of sp³-hybridized carbons (Fsp3) is 0.125. The first-order chi connectivity index (χ1) is 9.66. The van der Waals surface area contributed by atoms with Crippen LogP contribution in [0.25, 0.3) is 10.9 Å². The Kier molecular flexibility index (Phi) is 3.06. The van der Waals surface area contributed by atoms with E-state index in [1.165, 1.54) is 12.1 Å². The smallest absolute Gasteiger partial charge is 0.123 e.